The van der Waals surface area contributed by atoms with Gasteiger partial charge in [0.1, 0.15) is 0 Å². The highest BCUT2D eigenvalue weighted by molar-refractivity contribution is 6.10. The van der Waals surface area contributed by atoms with Crippen molar-refractivity contribution < 1.29 is 0 Å². The molecule has 0 aliphatic rings. The number of nitrogens with zero attached hydrogens (tertiary/aromatic N) is 2. The van der Waals surface area contributed by atoms with E-state index >= 15 is 0 Å². The Morgan fingerprint density at radius 3 is 2.25 bits per heavy atom. The van der Waals surface area contributed by atoms with Crippen molar-refractivity contribution in [2.45, 2.75) is 13.8 Å². The summed E-state index contributed by atoms with van der Waals surface area (Å²) in [5, 5.41) is 2.24. The molecular weight excluding hydrogens is 340 g/mol. The second-order valence-electron chi connectivity index (χ2n) is 6.80. The Bertz CT molecular complexity index is 1250. The lowest BCUT2D eigenvalue weighted by Crippen LogP contribution is -2.01. The largest absolute Gasteiger partial charge is 0.244 e. The van der Waals surface area contributed by atoms with Crippen LogP contribution in [0.2, 0.25) is 0 Å². The van der Waals surface area contributed by atoms with E-state index in [0.717, 1.165) is 55.5 Å². The standard InChI is InChI=1S/C26H22N2/c1-5-12-17(3)23-25(19-13-8-7-9-14-19)28-26-22-16-11-10-15-21(22)20(6-2)18(4)24(26)27-23/h5-16H,2-3H2,1,4H3. The zero-order valence-electron chi connectivity index (χ0n) is 16.2. The number of aromatic nitrogens is 2. The molecule has 1 heterocycles. The van der Waals surface area contributed by atoms with Crippen molar-refractivity contribution in [3.05, 3.63) is 96.7 Å². The Hall–Kier alpha value is -3.52. The third-order valence-corrected chi connectivity index (χ3v) is 5.05. The Labute approximate surface area is 165 Å². The minimum atomic E-state index is 0.810. The molecule has 0 fully saturated rings. The van der Waals surface area contributed by atoms with Crippen molar-refractivity contribution in [1.82, 2.24) is 9.97 Å². The SMILES string of the molecule is C=Cc1c(C)c2nc(C(=C)C=CC)c(-c3ccccc3)nc2c2ccccc12. The molecule has 0 N–H and O–H groups in total. The summed E-state index contributed by atoms with van der Waals surface area (Å²) >= 11 is 0. The van der Waals surface area contributed by atoms with Crippen molar-refractivity contribution in [3.63, 3.8) is 0 Å². The van der Waals surface area contributed by atoms with Crippen LogP contribution < -0.4 is 0 Å². The average Bonchev–Trinajstić information content (AvgIpc) is 2.74. The summed E-state index contributed by atoms with van der Waals surface area (Å²) in [6, 6.07) is 18.5. The van der Waals surface area contributed by atoms with Crippen molar-refractivity contribution in [2.75, 3.05) is 0 Å². The quantitative estimate of drug-likeness (QED) is 0.289. The second kappa shape index (κ2) is 7.24. The molecule has 0 spiro atoms. The number of rotatable bonds is 4. The van der Waals surface area contributed by atoms with Crippen LogP contribution in [0.4, 0.5) is 0 Å². The average molecular weight is 362 g/mol. The van der Waals surface area contributed by atoms with Crippen molar-refractivity contribution in [2.24, 2.45) is 0 Å². The van der Waals surface area contributed by atoms with E-state index in [2.05, 4.69) is 50.4 Å². The van der Waals surface area contributed by atoms with Crippen LogP contribution in [-0.4, -0.2) is 9.97 Å². The van der Waals surface area contributed by atoms with Gasteiger partial charge in [0.25, 0.3) is 0 Å². The molecule has 2 nitrogen and oxygen atoms in total. The molecule has 0 saturated carbocycles. The zero-order chi connectivity index (χ0) is 19.7. The smallest absolute Gasteiger partial charge is 0.0976 e. The van der Waals surface area contributed by atoms with Crippen LogP contribution in [0.5, 0.6) is 0 Å². The highest BCUT2D eigenvalue weighted by Gasteiger charge is 2.17. The van der Waals surface area contributed by atoms with Gasteiger partial charge in [0.05, 0.1) is 22.4 Å². The summed E-state index contributed by atoms with van der Waals surface area (Å²) in [6.45, 7) is 12.3. The molecule has 0 radical (unpaired) electrons. The molecule has 0 unspecified atom stereocenters. The molecule has 4 rings (SSSR count). The Kier molecular flexibility index (Phi) is 4.62. The lowest BCUT2D eigenvalue weighted by Gasteiger charge is -2.15. The maximum atomic E-state index is 5.12. The summed E-state index contributed by atoms with van der Waals surface area (Å²) in [4.78, 5) is 10.2. The van der Waals surface area contributed by atoms with Gasteiger partial charge < -0.3 is 0 Å². The first-order valence-corrected chi connectivity index (χ1v) is 9.38. The van der Waals surface area contributed by atoms with Gasteiger partial charge >= 0.3 is 0 Å². The molecule has 0 bridgehead atoms. The molecule has 0 saturated heterocycles. The van der Waals surface area contributed by atoms with E-state index in [1.165, 1.54) is 0 Å². The summed E-state index contributed by atoms with van der Waals surface area (Å²) in [5.41, 5.74) is 7.55. The lowest BCUT2D eigenvalue weighted by atomic mass is 9.96. The van der Waals surface area contributed by atoms with Gasteiger partial charge in [-0.05, 0) is 35.9 Å². The maximum absolute atomic E-state index is 5.12. The number of fused-ring (bicyclic) bond motifs is 3. The molecule has 4 aromatic rings. The highest BCUT2D eigenvalue weighted by Crippen LogP contribution is 2.35. The molecule has 0 amide bonds. The predicted molar refractivity (Wildman–Crippen MR) is 121 cm³/mol. The summed E-state index contributed by atoms with van der Waals surface area (Å²) < 4.78 is 0. The van der Waals surface area contributed by atoms with E-state index < -0.39 is 0 Å². The Morgan fingerprint density at radius 1 is 0.893 bits per heavy atom. The van der Waals surface area contributed by atoms with Gasteiger partial charge in [-0.3, -0.25) is 0 Å². The molecule has 2 heteroatoms. The maximum Gasteiger partial charge on any atom is 0.0976 e. The molecule has 3 aromatic carbocycles. The van der Waals surface area contributed by atoms with Crippen molar-refractivity contribution in [1.29, 1.82) is 0 Å². The van der Waals surface area contributed by atoms with Gasteiger partial charge in [0.15, 0.2) is 0 Å². The minimum absolute atomic E-state index is 0.810. The number of benzene rings is 3. The van der Waals surface area contributed by atoms with Gasteiger partial charge in [0, 0.05) is 10.9 Å². The summed E-state index contributed by atoms with van der Waals surface area (Å²) in [7, 11) is 0. The summed E-state index contributed by atoms with van der Waals surface area (Å²) in [5.74, 6) is 0. The van der Waals surface area contributed by atoms with E-state index in [9.17, 15) is 0 Å². The Morgan fingerprint density at radius 2 is 1.57 bits per heavy atom. The van der Waals surface area contributed by atoms with Crippen LogP contribution >= 0.6 is 0 Å². The third-order valence-electron chi connectivity index (χ3n) is 5.05. The van der Waals surface area contributed by atoms with Gasteiger partial charge in [-0.25, -0.2) is 9.97 Å². The van der Waals surface area contributed by atoms with Crippen molar-refractivity contribution >= 4 is 33.5 Å². The third kappa shape index (κ3) is 2.84. The number of hydrogen-bond acceptors (Lipinski definition) is 2. The molecule has 0 aliphatic heterocycles. The molecule has 28 heavy (non-hydrogen) atoms. The molecular formula is C26H22N2. The molecule has 1 aromatic heterocycles. The van der Waals surface area contributed by atoms with E-state index in [1.54, 1.807) is 0 Å². The van der Waals surface area contributed by atoms with Crippen molar-refractivity contribution in [3.8, 4) is 11.3 Å². The second-order valence-corrected chi connectivity index (χ2v) is 6.80. The van der Waals surface area contributed by atoms with Gasteiger partial charge in [0.2, 0.25) is 0 Å². The number of aryl methyl sites for hydroxylation is 1. The number of hydrogen-bond donors (Lipinski definition) is 0. The highest BCUT2D eigenvalue weighted by atomic mass is 14.8. The first kappa shape index (κ1) is 17.9. The first-order chi connectivity index (χ1) is 13.7. The fourth-order valence-electron chi connectivity index (χ4n) is 3.70. The van der Waals surface area contributed by atoms with Crippen LogP contribution in [0, 0.1) is 6.92 Å². The van der Waals surface area contributed by atoms with Crippen LogP contribution in [0.1, 0.15) is 23.7 Å². The summed E-state index contributed by atoms with van der Waals surface area (Å²) in [6.07, 6.45) is 5.86. The predicted octanol–water partition coefficient (Wildman–Crippen LogP) is 6.99. The first-order valence-electron chi connectivity index (χ1n) is 9.38. The van der Waals surface area contributed by atoms with E-state index in [-0.39, 0.29) is 0 Å². The van der Waals surface area contributed by atoms with E-state index in [0.29, 0.717) is 0 Å². The van der Waals surface area contributed by atoms with Gasteiger partial charge in [-0.1, -0.05) is 86.0 Å². The zero-order valence-corrected chi connectivity index (χ0v) is 16.2. The molecule has 0 atom stereocenters. The van der Waals surface area contributed by atoms with Crippen LogP contribution in [0.25, 0.3) is 44.7 Å². The number of allylic oxidation sites excluding steroid dienone is 3. The fourth-order valence-corrected chi connectivity index (χ4v) is 3.70. The molecule has 136 valence electrons. The van der Waals surface area contributed by atoms with Crippen LogP contribution in [0.15, 0.2) is 79.9 Å². The van der Waals surface area contributed by atoms with Crippen LogP contribution in [0.3, 0.4) is 0 Å². The fraction of sp³-hybridized carbons (Fsp3) is 0.0769. The van der Waals surface area contributed by atoms with E-state index in [1.807, 2.05) is 49.4 Å². The van der Waals surface area contributed by atoms with E-state index in [4.69, 9.17) is 9.97 Å². The topological polar surface area (TPSA) is 25.8 Å². The normalized spacial score (nSPS) is 11.4. The monoisotopic (exact) mass is 362 g/mol. The lowest BCUT2D eigenvalue weighted by molar-refractivity contribution is 1.25. The van der Waals surface area contributed by atoms with Gasteiger partial charge in [-0.2, -0.15) is 0 Å². The minimum Gasteiger partial charge on any atom is -0.244 e. The molecule has 0 aliphatic carbocycles. The van der Waals surface area contributed by atoms with Gasteiger partial charge in [-0.15, -0.1) is 0 Å². The Balaban J connectivity index is 2.19. The van der Waals surface area contributed by atoms with Crippen LogP contribution in [-0.2, 0) is 0 Å².